The molecule has 0 N–H and O–H groups in total. The van der Waals surface area contributed by atoms with Gasteiger partial charge in [-0.25, -0.2) is 4.63 Å². The molecule has 0 bridgehead atoms. The molecule has 1 saturated heterocycles. The summed E-state index contributed by atoms with van der Waals surface area (Å²) in [6.45, 7) is 6.26. The lowest BCUT2D eigenvalue weighted by atomic mass is 9.96. The van der Waals surface area contributed by atoms with Crippen molar-refractivity contribution in [2.75, 3.05) is 31.6 Å². The third-order valence-electron chi connectivity index (χ3n) is 5.07. The zero-order chi connectivity index (χ0) is 19.0. The molecule has 7 heteroatoms. The molecule has 1 amide bonds. The van der Waals surface area contributed by atoms with Crippen molar-refractivity contribution >= 4 is 22.6 Å². The second kappa shape index (κ2) is 6.57. The van der Waals surface area contributed by atoms with Gasteiger partial charge in [0.05, 0.1) is 18.3 Å². The Morgan fingerprint density at radius 2 is 1.89 bits per heavy atom. The number of fused-ring (bicyclic) bond motifs is 1. The van der Waals surface area contributed by atoms with Gasteiger partial charge in [0, 0.05) is 25.2 Å². The summed E-state index contributed by atoms with van der Waals surface area (Å²) in [5, 5.41) is 7.61. The fourth-order valence-corrected chi connectivity index (χ4v) is 3.73. The molecule has 1 aromatic heterocycles. The zero-order valence-corrected chi connectivity index (χ0v) is 15.7. The van der Waals surface area contributed by atoms with Gasteiger partial charge in [-0.05, 0) is 54.5 Å². The van der Waals surface area contributed by atoms with Gasteiger partial charge in [-0.1, -0.05) is 12.1 Å². The monoisotopic (exact) mass is 366 g/mol. The van der Waals surface area contributed by atoms with Crippen molar-refractivity contribution in [2.24, 2.45) is 0 Å². The Balaban J connectivity index is 1.57. The summed E-state index contributed by atoms with van der Waals surface area (Å²) in [7, 11) is 1.68. The molecule has 2 heterocycles. The fraction of sp³-hybridized carbons (Fsp3) is 0.350. The minimum atomic E-state index is -0.234. The maximum atomic E-state index is 13.0. The van der Waals surface area contributed by atoms with E-state index in [1.54, 1.807) is 25.3 Å². The minimum absolute atomic E-state index is 0.00680. The van der Waals surface area contributed by atoms with Gasteiger partial charge in [-0.15, -0.1) is 0 Å². The van der Waals surface area contributed by atoms with Gasteiger partial charge in [0.1, 0.15) is 16.8 Å². The van der Waals surface area contributed by atoms with E-state index in [0.29, 0.717) is 29.7 Å². The molecule has 7 nitrogen and oxygen atoms in total. The van der Waals surface area contributed by atoms with Crippen LogP contribution in [0.15, 0.2) is 47.1 Å². The van der Waals surface area contributed by atoms with E-state index >= 15 is 0 Å². The summed E-state index contributed by atoms with van der Waals surface area (Å²) in [5.74, 6) is 0.835. The number of anilines is 1. The van der Waals surface area contributed by atoms with Crippen LogP contribution in [0.2, 0.25) is 0 Å². The second-order valence-corrected chi connectivity index (χ2v) is 7.33. The van der Waals surface area contributed by atoms with Crippen LogP contribution >= 0.6 is 0 Å². The first-order valence-electron chi connectivity index (χ1n) is 8.92. The SMILES string of the molecule is COc1ccccc1N1CCN(C(=O)c2ccc3nonc3c2)CC1(C)C. The first-order chi connectivity index (χ1) is 13.0. The van der Waals surface area contributed by atoms with Crippen LogP contribution in [0, 0.1) is 0 Å². The standard InChI is InChI=1S/C20H22N4O3/c1-20(2)13-23(10-11-24(20)17-6-4-5-7-18(17)26-3)19(25)14-8-9-15-16(12-14)22-27-21-15/h4-9,12H,10-11,13H2,1-3H3. The molecule has 0 radical (unpaired) electrons. The molecule has 0 atom stereocenters. The molecule has 2 aromatic carbocycles. The molecule has 1 aliphatic heterocycles. The third kappa shape index (κ3) is 3.09. The molecule has 0 saturated carbocycles. The van der Waals surface area contributed by atoms with Crippen molar-refractivity contribution in [3.8, 4) is 5.75 Å². The highest BCUT2D eigenvalue weighted by molar-refractivity contribution is 5.97. The van der Waals surface area contributed by atoms with Crippen LogP contribution in [0.25, 0.3) is 11.0 Å². The van der Waals surface area contributed by atoms with E-state index in [0.717, 1.165) is 18.0 Å². The number of carbonyl (C=O) groups is 1. The fourth-order valence-electron chi connectivity index (χ4n) is 3.73. The quantitative estimate of drug-likeness (QED) is 0.710. The number of piperazine rings is 1. The van der Waals surface area contributed by atoms with Crippen molar-refractivity contribution in [3.63, 3.8) is 0 Å². The van der Waals surface area contributed by atoms with E-state index in [4.69, 9.17) is 9.37 Å². The number of benzene rings is 2. The van der Waals surface area contributed by atoms with Gasteiger partial charge in [-0.2, -0.15) is 0 Å². The summed E-state index contributed by atoms with van der Waals surface area (Å²) < 4.78 is 10.2. The Hall–Kier alpha value is -3.09. The van der Waals surface area contributed by atoms with E-state index < -0.39 is 0 Å². The van der Waals surface area contributed by atoms with Crippen molar-refractivity contribution in [2.45, 2.75) is 19.4 Å². The van der Waals surface area contributed by atoms with Crippen LogP contribution in [0.1, 0.15) is 24.2 Å². The van der Waals surface area contributed by atoms with Gasteiger partial charge >= 0.3 is 0 Å². The van der Waals surface area contributed by atoms with Gasteiger partial charge in [-0.3, -0.25) is 4.79 Å². The molecule has 1 aliphatic rings. The number of para-hydroxylation sites is 2. The number of hydrogen-bond acceptors (Lipinski definition) is 6. The number of amides is 1. The number of ether oxygens (including phenoxy) is 1. The molecule has 140 valence electrons. The van der Waals surface area contributed by atoms with Crippen molar-refractivity contribution in [1.82, 2.24) is 15.2 Å². The maximum Gasteiger partial charge on any atom is 0.254 e. The number of methoxy groups -OCH3 is 1. The van der Waals surface area contributed by atoms with E-state index in [9.17, 15) is 4.79 Å². The van der Waals surface area contributed by atoms with Crippen molar-refractivity contribution in [1.29, 1.82) is 0 Å². The number of rotatable bonds is 3. The average molecular weight is 366 g/mol. The molecule has 1 fully saturated rings. The van der Waals surface area contributed by atoms with Crippen LogP contribution < -0.4 is 9.64 Å². The number of hydrogen-bond donors (Lipinski definition) is 0. The highest BCUT2D eigenvalue weighted by atomic mass is 16.6. The summed E-state index contributed by atoms with van der Waals surface area (Å²) in [4.78, 5) is 17.2. The lowest BCUT2D eigenvalue weighted by Gasteiger charge is -2.48. The topological polar surface area (TPSA) is 71.7 Å². The van der Waals surface area contributed by atoms with Gasteiger partial charge in [0.2, 0.25) is 0 Å². The summed E-state index contributed by atoms with van der Waals surface area (Å²) in [5.41, 5.74) is 2.65. The highest BCUT2D eigenvalue weighted by Crippen LogP contribution is 2.35. The molecular weight excluding hydrogens is 344 g/mol. The Morgan fingerprint density at radius 3 is 2.67 bits per heavy atom. The number of aromatic nitrogens is 2. The zero-order valence-electron chi connectivity index (χ0n) is 15.7. The van der Waals surface area contributed by atoms with E-state index in [1.807, 2.05) is 23.1 Å². The first-order valence-corrected chi connectivity index (χ1v) is 8.92. The second-order valence-electron chi connectivity index (χ2n) is 7.33. The average Bonchev–Trinajstić information content (AvgIpc) is 3.14. The molecule has 27 heavy (non-hydrogen) atoms. The molecule has 4 rings (SSSR count). The van der Waals surface area contributed by atoms with E-state index in [2.05, 4.69) is 35.1 Å². The van der Waals surface area contributed by atoms with Gasteiger partial charge < -0.3 is 14.5 Å². The van der Waals surface area contributed by atoms with Crippen LogP contribution in [0.4, 0.5) is 5.69 Å². The summed E-state index contributed by atoms with van der Waals surface area (Å²) >= 11 is 0. The van der Waals surface area contributed by atoms with Crippen LogP contribution in [-0.4, -0.2) is 53.4 Å². The predicted molar refractivity (Wildman–Crippen MR) is 102 cm³/mol. The lowest BCUT2D eigenvalue weighted by Crippen LogP contribution is -2.60. The van der Waals surface area contributed by atoms with Crippen LogP contribution in [0.3, 0.4) is 0 Å². The smallest absolute Gasteiger partial charge is 0.254 e. The summed E-state index contributed by atoms with van der Waals surface area (Å²) in [6.07, 6.45) is 0. The highest BCUT2D eigenvalue weighted by Gasteiger charge is 2.37. The van der Waals surface area contributed by atoms with Crippen molar-refractivity contribution < 1.29 is 14.2 Å². The van der Waals surface area contributed by atoms with Crippen LogP contribution in [0.5, 0.6) is 5.75 Å². The molecule has 0 unspecified atom stereocenters. The minimum Gasteiger partial charge on any atom is -0.495 e. The largest absolute Gasteiger partial charge is 0.495 e. The van der Waals surface area contributed by atoms with Gasteiger partial charge in [0.15, 0.2) is 0 Å². The Labute approximate surface area is 157 Å². The van der Waals surface area contributed by atoms with Crippen molar-refractivity contribution in [3.05, 3.63) is 48.0 Å². The first kappa shape index (κ1) is 17.3. The molecule has 3 aromatic rings. The molecule has 0 spiro atoms. The Morgan fingerprint density at radius 1 is 1.11 bits per heavy atom. The Bertz CT molecular complexity index is 982. The molecular formula is C20H22N4O3. The normalized spacial score (nSPS) is 16.6. The van der Waals surface area contributed by atoms with Gasteiger partial charge in [0.25, 0.3) is 5.91 Å². The maximum absolute atomic E-state index is 13.0. The third-order valence-corrected chi connectivity index (χ3v) is 5.07. The number of carbonyl (C=O) groups excluding carboxylic acids is 1. The summed E-state index contributed by atoms with van der Waals surface area (Å²) in [6, 6.07) is 13.3. The van der Waals surface area contributed by atoms with E-state index in [-0.39, 0.29) is 11.4 Å². The van der Waals surface area contributed by atoms with Crippen LogP contribution in [-0.2, 0) is 0 Å². The molecule has 0 aliphatic carbocycles. The Kier molecular flexibility index (Phi) is 4.22. The number of nitrogens with zero attached hydrogens (tertiary/aromatic N) is 4. The van der Waals surface area contributed by atoms with E-state index in [1.165, 1.54) is 0 Å². The lowest BCUT2D eigenvalue weighted by molar-refractivity contribution is 0.0686. The predicted octanol–water partition coefficient (Wildman–Crippen LogP) is 2.97.